The van der Waals surface area contributed by atoms with E-state index >= 15 is 0 Å². The van der Waals surface area contributed by atoms with Crippen molar-refractivity contribution in [2.24, 2.45) is 5.92 Å². The molecule has 0 bridgehead atoms. The van der Waals surface area contributed by atoms with Gasteiger partial charge in [0.1, 0.15) is 0 Å². The molecule has 0 saturated carbocycles. The topological polar surface area (TPSA) is 49.4 Å². The molecular weight excluding hydrogens is 336 g/mol. The first-order valence-corrected chi connectivity index (χ1v) is 9.78. The van der Waals surface area contributed by atoms with Crippen LogP contribution in [0.4, 0.5) is 0 Å². The molecule has 1 heterocycles. The average molecular weight is 364 g/mol. The Morgan fingerprint density at radius 3 is 2.26 bits per heavy atom. The Kier molecular flexibility index (Phi) is 6.64. The van der Waals surface area contributed by atoms with Crippen LogP contribution in [0.5, 0.6) is 0 Å². The van der Waals surface area contributed by atoms with E-state index in [4.69, 9.17) is 0 Å². The minimum absolute atomic E-state index is 0.0507. The van der Waals surface area contributed by atoms with Crippen LogP contribution in [0.3, 0.4) is 0 Å². The molecule has 0 radical (unpaired) electrons. The lowest BCUT2D eigenvalue weighted by Crippen LogP contribution is -2.38. The van der Waals surface area contributed by atoms with Crippen molar-refractivity contribution < 1.29 is 9.59 Å². The van der Waals surface area contributed by atoms with Gasteiger partial charge in [0.25, 0.3) is 5.91 Å². The fourth-order valence-electron chi connectivity index (χ4n) is 3.61. The molecule has 2 aromatic rings. The molecule has 0 unspecified atom stereocenters. The predicted molar refractivity (Wildman–Crippen MR) is 107 cm³/mol. The van der Waals surface area contributed by atoms with Crippen LogP contribution in [0.15, 0.2) is 54.6 Å². The van der Waals surface area contributed by atoms with Crippen LogP contribution in [0.2, 0.25) is 0 Å². The summed E-state index contributed by atoms with van der Waals surface area (Å²) in [6.45, 7) is 3.68. The van der Waals surface area contributed by atoms with Gasteiger partial charge in [0.15, 0.2) is 0 Å². The summed E-state index contributed by atoms with van der Waals surface area (Å²) in [5.74, 6) is 0.766. The molecule has 2 aromatic carbocycles. The van der Waals surface area contributed by atoms with Gasteiger partial charge in [0, 0.05) is 32.1 Å². The maximum Gasteiger partial charge on any atom is 0.253 e. The number of rotatable bonds is 6. The van der Waals surface area contributed by atoms with Crippen molar-refractivity contribution in [2.45, 2.75) is 39.2 Å². The standard InChI is InChI=1S/C23H28N2O2/c1-18(26)24-17-21-9-11-22(12-10-21)23(27)25-15-13-20(14-16-25)8-7-19-5-3-2-4-6-19/h2-6,9-12,20H,7-8,13-17H2,1H3,(H,24,26). The summed E-state index contributed by atoms with van der Waals surface area (Å²) < 4.78 is 0. The first-order chi connectivity index (χ1) is 13.1. The van der Waals surface area contributed by atoms with Crippen LogP contribution >= 0.6 is 0 Å². The fraction of sp³-hybridized carbons (Fsp3) is 0.391. The van der Waals surface area contributed by atoms with E-state index in [1.54, 1.807) is 0 Å². The second kappa shape index (κ2) is 9.36. The number of nitrogens with zero attached hydrogens (tertiary/aromatic N) is 1. The number of aryl methyl sites for hydroxylation is 1. The van der Waals surface area contributed by atoms with E-state index in [-0.39, 0.29) is 11.8 Å². The van der Waals surface area contributed by atoms with Gasteiger partial charge in [-0.3, -0.25) is 9.59 Å². The number of carbonyl (C=O) groups excluding carboxylic acids is 2. The highest BCUT2D eigenvalue weighted by atomic mass is 16.2. The first-order valence-electron chi connectivity index (χ1n) is 9.78. The highest BCUT2D eigenvalue weighted by Gasteiger charge is 2.23. The third kappa shape index (κ3) is 5.68. The summed E-state index contributed by atoms with van der Waals surface area (Å²) in [7, 11) is 0. The van der Waals surface area contributed by atoms with Crippen LogP contribution in [0, 0.1) is 5.92 Å². The number of piperidine rings is 1. The molecule has 0 spiro atoms. The van der Waals surface area contributed by atoms with Crippen molar-refractivity contribution in [3.63, 3.8) is 0 Å². The van der Waals surface area contributed by atoms with Crippen molar-refractivity contribution in [3.05, 3.63) is 71.3 Å². The predicted octanol–water partition coefficient (Wildman–Crippen LogP) is 3.81. The molecule has 27 heavy (non-hydrogen) atoms. The van der Waals surface area contributed by atoms with Gasteiger partial charge in [0.2, 0.25) is 5.91 Å². The van der Waals surface area contributed by atoms with Gasteiger partial charge < -0.3 is 10.2 Å². The van der Waals surface area contributed by atoms with E-state index < -0.39 is 0 Å². The van der Waals surface area contributed by atoms with Crippen molar-refractivity contribution in [3.8, 4) is 0 Å². The molecule has 2 amide bonds. The summed E-state index contributed by atoms with van der Waals surface area (Å²) >= 11 is 0. The van der Waals surface area contributed by atoms with Crippen LogP contribution in [0.25, 0.3) is 0 Å². The van der Waals surface area contributed by atoms with Gasteiger partial charge in [-0.05, 0) is 54.9 Å². The lowest BCUT2D eigenvalue weighted by atomic mass is 9.90. The van der Waals surface area contributed by atoms with Gasteiger partial charge in [0.05, 0.1) is 0 Å². The third-order valence-electron chi connectivity index (χ3n) is 5.33. The molecule has 1 aliphatic heterocycles. The number of amides is 2. The zero-order valence-electron chi connectivity index (χ0n) is 16.0. The largest absolute Gasteiger partial charge is 0.352 e. The number of likely N-dealkylation sites (tertiary alicyclic amines) is 1. The number of carbonyl (C=O) groups is 2. The molecular formula is C23H28N2O2. The smallest absolute Gasteiger partial charge is 0.253 e. The van der Waals surface area contributed by atoms with E-state index in [0.717, 1.165) is 43.5 Å². The Morgan fingerprint density at radius 2 is 1.63 bits per heavy atom. The molecule has 1 fully saturated rings. The maximum absolute atomic E-state index is 12.7. The maximum atomic E-state index is 12.7. The molecule has 1 saturated heterocycles. The van der Waals surface area contributed by atoms with E-state index in [9.17, 15) is 9.59 Å². The molecule has 0 aromatic heterocycles. The lowest BCUT2D eigenvalue weighted by Gasteiger charge is -2.32. The SMILES string of the molecule is CC(=O)NCc1ccc(C(=O)N2CCC(CCc3ccccc3)CC2)cc1. The van der Waals surface area contributed by atoms with Gasteiger partial charge in [-0.25, -0.2) is 0 Å². The quantitative estimate of drug-likeness (QED) is 0.847. The molecule has 1 aliphatic rings. The molecule has 4 heteroatoms. The Balaban J connectivity index is 1.46. The Hall–Kier alpha value is -2.62. The fourth-order valence-corrected chi connectivity index (χ4v) is 3.61. The first kappa shape index (κ1) is 19.2. The molecule has 1 N–H and O–H groups in total. The number of nitrogens with one attached hydrogen (secondary N) is 1. The number of benzene rings is 2. The van der Waals surface area contributed by atoms with E-state index in [1.807, 2.05) is 29.2 Å². The zero-order chi connectivity index (χ0) is 19.1. The minimum Gasteiger partial charge on any atom is -0.352 e. The summed E-state index contributed by atoms with van der Waals surface area (Å²) in [4.78, 5) is 25.7. The van der Waals surface area contributed by atoms with Crippen LogP contribution < -0.4 is 5.32 Å². The van der Waals surface area contributed by atoms with E-state index in [1.165, 1.54) is 18.9 Å². The monoisotopic (exact) mass is 364 g/mol. The highest BCUT2D eigenvalue weighted by molar-refractivity contribution is 5.94. The zero-order valence-corrected chi connectivity index (χ0v) is 16.0. The van der Waals surface area contributed by atoms with E-state index in [2.05, 4.69) is 35.6 Å². The van der Waals surface area contributed by atoms with Crippen LogP contribution in [-0.2, 0) is 17.8 Å². The third-order valence-corrected chi connectivity index (χ3v) is 5.33. The Bertz CT molecular complexity index is 748. The summed E-state index contributed by atoms with van der Waals surface area (Å²) in [5.41, 5.74) is 3.13. The number of hydrogen-bond donors (Lipinski definition) is 1. The van der Waals surface area contributed by atoms with Gasteiger partial charge in [-0.15, -0.1) is 0 Å². The van der Waals surface area contributed by atoms with E-state index in [0.29, 0.717) is 12.5 Å². The van der Waals surface area contributed by atoms with Crippen LogP contribution in [0.1, 0.15) is 47.7 Å². The van der Waals surface area contributed by atoms with Gasteiger partial charge in [-0.1, -0.05) is 42.5 Å². The normalized spacial score (nSPS) is 14.8. The van der Waals surface area contributed by atoms with Crippen LogP contribution in [-0.4, -0.2) is 29.8 Å². The Morgan fingerprint density at radius 1 is 0.963 bits per heavy atom. The summed E-state index contributed by atoms with van der Waals surface area (Å²) in [5, 5.41) is 2.77. The molecule has 142 valence electrons. The van der Waals surface area contributed by atoms with Crippen molar-refractivity contribution in [1.29, 1.82) is 0 Å². The number of hydrogen-bond acceptors (Lipinski definition) is 2. The highest BCUT2D eigenvalue weighted by Crippen LogP contribution is 2.23. The average Bonchev–Trinajstić information content (AvgIpc) is 2.72. The van der Waals surface area contributed by atoms with Gasteiger partial charge in [-0.2, -0.15) is 0 Å². The summed E-state index contributed by atoms with van der Waals surface area (Å²) in [6.07, 6.45) is 4.48. The molecule has 3 rings (SSSR count). The summed E-state index contributed by atoms with van der Waals surface area (Å²) in [6, 6.07) is 18.2. The lowest BCUT2D eigenvalue weighted by molar-refractivity contribution is -0.119. The van der Waals surface area contributed by atoms with Crippen molar-refractivity contribution in [1.82, 2.24) is 10.2 Å². The second-order valence-corrected chi connectivity index (χ2v) is 7.37. The van der Waals surface area contributed by atoms with Crippen molar-refractivity contribution >= 4 is 11.8 Å². The second-order valence-electron chi connectivity index (χ2n) is 7.37. The molecule has 4 nitrogen and oxygen atoms in total. The van der Waals surface area contributed by atoms with Crippen molar-refractivity contribution in [2.75, 3.05) is 13.1 Å². The molecule has 0 atom stereocenters. The van der Waals surface area contributed by atoms with Gasteiger partial charge >= 0.3 is 0 Å². The Labute approximate surface area is 161 Å². The molecule has 0 aliphatic carbocycles. The minimum atomic E-state index is -0.0507.